The number of nitrogens with zero attached hydrogens (tertiary/aromatic N) is 2. The van der Waals surface area contributed by atoms with Crippen molar-refractivity contribution < 1.29 is 4.74 Å². The van der Waals surface area contributed by atoms with Crippen LogP contribution in [0, 0.1) is 0 Å². The molecule has 1 heterocycles. The van der Waals surface area contributed by atoms with Crippen molar-refractivity contribution in [2.24, 2.45) is 0 Å². The van der Waals surface area contributed by atoms with Gasteiger partial charge >= 0.3 is 0 Å². The van der Waals surface area contributed by atoms with Gasteiger partial charge in [0.25, 0.3) is 0 Å². The Labute approximate surface area is 134 Å². The van der Waals surface area contributed by atoms with Gasteiger partial charge in [0.1, 0.15) is 17.9 Å². The molecule has 1 N–H and O–H groups in total. The molecule has 2 rings (SSSR count). The van der Waals surface area contributed by atoms with E-state index in [9.17, 15) is 0 Å². The van der Waals surface area contributed by atoms with Gasteiger partial charge in [-0.2, -0.15) is 0 Å². The number of aromatic nitrogens is 2. The van der Waals surface area contributed by atoms with Gasteiger partial charge in [-0.25, -0.2) is 9.97 Å². The number of ether oxygens (including phenoxy) is 1. The van der Waals surface area contributed by atoms with Crippen molar-refractivity contribution in [3.63, 3.8) is 0 Å². The minimum absolute atomic E-state index is 0.452. The summed E-state index contributed by atoms with van der Waals surface area (Å²) in [6, 6.07) is 5.11. The van der Waals surface area contributed by atoms with Crippen LogP contribution in [0.5, 0.6) is 11.6 Å². The maximum atomic E-state index is 6.14. The Morgan fingerprint density at radius 2 is 2.00 bits per heavy atom. The Hall–Kier alpha value is -1.52. The summed E-state index contributed by atoms with van der Waals surface area (Å²) >= 11 is 12.0. The molecule has 0 bridgehead atoms. The zero-order chi connectivity index (χ0) is 15.2. The molecule has 4 nitrogen and oxygen atoms in total. The molecule has 6 heteroatoms. The van der Waals surface area contributed by atoms with Gasteiger partial charge in [0, 0.05) is 11.6 Å². The Balaban J connectivity index is 2.36. The van der Waals surface area contributed by atoms with Crippen LogP contribution < -0.4 is 10.1 Å². The molecule has 0 unspecified atom stereocenters. The van der Waals surface area contributed by atoms with Crippen LogP contribution in [0.4, 0.5) is 5.82 Å². The molecule has 0 aliphatic heterocycles. The van der Waals surface area contributed by atoms with Crippen molar-refractivity contribution in [3.8, 4) is 11.6 Å². The van der Waals surface area contributed by atoms with E-state index in [1.807, 2.05) is 6.92 Å². The third-order valence-corrected chi connectivity index (χ3v) is 3.38. The van der Waals surface area contributed by atoms with E-state index in [1.165, 1.54) is 6.33 Å². The average Bonchev–Trinajstić information content (AvgIpc) is 2.45. The second-order valence-electron chi connectivity index (χ2n) is 4.46. The Bertz CT molecular complexity index is 620. The van der Waals surface area contributed by atoms with Crippen LogP contribution in [0.2, 0.25) is 10.0 Å². The number of rotatable bonds is 6. The lowest BCUT2D eigenvalue weighted by Gasteiger charge is -2.14. The van der Waals surface area contributed by atoms with E-state index in [0.29, 0.717) is 21.7 Å². The average molecular weight is 326 g/mol. The van der Waals surface area contributed by atoms with Crippen LogP contribution in [0.1, 0.15) is 25.8 Å². The highest BCUT2D eigenvalue weighted by atomic mass is 35.5. The van der Waals surface area contributed by atoms with Gasteiger partial charge in [-0.05, 0) is 31.5 Å². The number of nitrogens with one attached hydrogen (secondary N) is 1. The molecule has 0 atom stereocenters. The molecule has 112 valence electrons. The van der Waals surface area contributed by atoms with Gasteiger partial charge in [-0.15, -0.1) is 0 Å². The van der Waals surface area contributed by atoms with Crippen LogP contribution in [-0.2, 0) is 6.42 Å². The molecule has 0 saturated carbocycles. The van der Waals surface area contributed by atoms with Crippen molar-refractivity contribution in [2.45, 2.75) is 26.7 Å². The molecule has 0 aliphatic rings. The molecule has 0 spiro atoms. The first-order chi connectivity index (χ1) is 10.2. The normalized spacial score (nSPS) is 10.5. The zero-order valence-corrected chi connectivity index (χ0v) is 13.5. The lowest BCUT2D eigenvalue weighted by Crippen LogP contribution is -2.06. The standard InChI is InChI=1S/C15H17Cl2N3O/c1-3-5-11-14(18-4-2)19-9-20-15(11)21-13-7-6-10(16)8-12(13)17/h6-9H,3-5H2,1-2H3,(H,18,19,20). The number of benzene rings is 1. The first-order valence-corrected chi connectivity index (χ1v) is 7.62. The van der Waals surface area contributed by atoms with Gasteiger partial charge in [-0.1, -0.05) is 36.5 Å². The molecule has 0 fully saturated rings. The molecular weight excluding hydrogens is 309 g/mol. The van der Waals surface area contributed by atoms with Crippen molar-refractivity contribution in [1.82, 2.24) is 9.97 Å². The zero-order valence-electron chi connectivity index (χ0n) is 12.0. The molecule has 1 aromatic carbocycles. The summed E-state index contributed by atoms with van der Waals surface area (Å²) in [5, 5.41) is 4.24. The third-order valence-electron chi connectivity index (χ3n) is 2.85. The highest BCUT2D eigenvalue weighted by Crippen LogP contribution is 2.33. The highest BCUT2D eigenvalue weighted by molar-refractivity contribution is 6.35. The van der Waals surface area contributed by atoms with Gasteiger partial charge in [0.05, 0.1) is 10.6 Å². The van der Waals surface area contributed by atoms with Crippen LogP contribution in [0.15, 0.2) is 24.5 Å². The first kappa shape index (κ1) is 15.9. The van der Waals surface area contributed by atoms with Crippen molar-refractivity contribution in [1.29, 1.82) is 0 Å². The summed E-state index contributed by atoms with van der Waals surface area (Å²) in [6.45, 7) is 4.91. The van der Waals surface area contributed by atoms with Crippen molar-refractivity contribution >= 4 is 29.0 Å². The van der Waals surface area contributed by atoms with Crippen LogP contribution in [0.3, 0.4) is 0 Å². The predicted molar refractivity (Wildman–Crippen MR) is 86.7 cm³/mol. The molecule has 2 aromatic rings. The monoisotopic (exact) mass is 325 g/mol. The van der Waals surface area contributed by atoms with E-state index < -0.39 is 0 Å². The number of anilines is 1. The topological polar surface area (TPSA) is 47.0 Å². The summed E-state index contributed by atoms with van der Waals surface area (Å²) in [6.07, 6.45) is 3.27. The highest BCUT2D eigenvalue weighted by Gasteiger charge is 2.14. The van der Waals surface area contributed by atoms with Crippen molar-refractivity contribution in [2.75, 3.05) is 11.9 Å². The first-order valence-electron chi connectivity index (χ1n) is 6.86. The van der Waals surface area contributed by atoms with E-state index >= 15 is 0 Å². The Kier molecular flexibility index (Phi) is 5.65. The molecule has 0 aliphatic carbocycles. The minimum atomic E-state index is 0.452. The second kappa shape index (κ2) is 7.48. The lowest BCUT2D eigenvalue weighted by atomic mass is 10.1. The fourth-order valence-electron chi connectivity index (χ4n) is 1.94. The summed E-state index contributed by atoms with van der Waals surface area (Å²) < 4.78 is 5.85. The number of hydrogen-bond donors (Lipinski definition) is 1. The molecule has 1 aromatic heterocycles. The number of hydrogen-bond acceptors (Lipinski definition) is 4. The van der Waals surface area contributed by atoms with Crippen molar-refractivity contribution in [3.05, 3.63) is 40.1 Å². The van der Waals surface area contributed by atoms with Gasteiger partial charge in [0.2, 0.25) is 5.88 Å². The van der Waals surface area contributed by atoms with Gasteiger partial charge < -0.3 is 10.1 Å². The summed E-state index contributed by atoms with van der Waals surface area (Å²) in [7, 11) is 0. The molecule has 0 amide bonds. The van der Waals surface area contributed by atoms with E-state index in [1.54, 1.807) is 18.2 Å². The van der Waals surface area contributed by atoms with Crippen LogP contribution in [0.25, 0.3) is 0 Å². The Morgan fingerprint density at radius 3 is 2.67 bits per heavy atom. The molecule has 0 saturated heterocycles. The fourth-order valence-corrected chi connectivity index (χ4v) is 2.39. The van der Waals surface area contributed by atoms with Gasteiger partial charge in [-0.3, -0.25) is 0 Å². The molecular formula is C15H17Cl2N3O. The van der Waals surface area contributed by atoms with E-state index in [0.717, 1.165) is 30.8 Å². The maximum absolute atomic E-state index is 6.14. The lowest BCUT2D eigenvalue weighted by molar-refractivity contribution is 0.454. The third kappa shape index (κ3) is 3.99. The minimum Gasteiger partial charge on any atom is -0.437 e. The smallest absolute Gasteiger partial charge is 0.227 e. The van der Waals surface area contributed by atoms with Crippen LogP contribution >= 0.6 is 23.2 Å². The summed E-state index contributed by atoms with van der Waals surface area (Å²) in [4.78, 5) is 8.50. The summed E-state index contributed by atoms with van der Waals surface area (Å²) in [5.74, 6) is 1.85. The quantitative estimate of drug-likeness (QED) is 0.815. The predicted octanol–water partition coefficient (Wildman–Crippen LogP) is 4.96. The van der Waals surface area contributed by atoms with Gasteiger partial charge in [0.15, 0.2) is 0 Å². The molecule has 0 radical (unpaired) electrons. The largest absolute Gasteiger partial charge is 0.437 e. The second-order valence-corrected chi connectivity index (χ2v) is 5.31. The summed E-state index contributed by atoms with van der Waals surface area (Å²) in [5.41, 5.74) is 0.952. The van der Waals surface area contributed by atoms with E-state index in [-0.39, 0.29) is 0 Å². The van der Waals surface area contributed by atoms with E-state index in [2.05, 4.69) is 22.2 Å². The van der Waals surface area contributed by atoms with Crippen LogP contribution in [-0.4, -0.2) is 16.5 Å². The fraction of sp³-hybridized carbons (Fsp3) is 0.333. The maximum Gasteiger partial charge on any atom is 0.227 e. The van der Waals surface area contributed by atoms with E-state index in [4.69, 9.17) is 27.9 Å². The number of halogens is 2. The Morgan fingerprint density at radius 1 is 1.19 bits per heavy atom. The SMILES string of the molecule is CCCc1c(NCC)ncnc1Oc1ccc(Cl)cc1Cl. The molecule has 21 heavy (non-hydrogen) atoms.